The minimum Gasteiger partial charge on any atom is -0.462 e. The van der Waals surface area contributed by atoms with Crippen LogP contribution in [0.3, 0.4) is 0 Å². The molecule has 6 rings (SSSR count). The van der Waals surface area contributed by atoms with E-state index in [0.717, 1.165) is 38.5 Å². The number of carbonyl (C=O) groups excluding carboxylic acids is 2. The summed E-state index contributed by atoms with van der Waals surface area (Å²) in [4.78, 5) is 24.6. The average molecular weight is 417 g/mol. The van der Waals surface area contributed by atoms with Gasteiger partial charge in [-0.2, -0.15) is 0 Å². The molecule has 2 aliphatic heterocycles. The molecule has 6 fully saturated rings. The number of carbonyl (C=O) groups is 2. The summed E-state index contributed by atoms with van der Waals surface area (Å²) in [7, 11) is 0. The van der Waals surface area contributed by atoms with Gasteiger partial charge in [-0.05, 0) is 81.0 Å². The van der Waals surface area contributed by atoms with E-state index in [1.165, 1.54) is 12.8 Å². The third-order valence-corrected chi connectivity index (χ3v) is 8.71. The van der Waals surface area contributed by atoms with Gasteiger partial charge in [-0.15, -0.1) is 0 Å². The van der Waals surface area contributed by atoms with Gasteiger partial charge < -0.3 is 18.9 Å². The Balaban J connectivity index is 0.893. The van der Waals surface area contributed by atoms with Crippen LogP contribution in [0.25, 0.3) is 0 Å². The molecule has 6 nitrogen and oxygen atoms in total. The van der Waals surface area contributed by atoms with Gasteiger partial charge in [-0.3, -0.25) is 4.79 Å². The zero-order valence-corrected chi connectivity index (χ0v) is 17.5. The molecule has 10 unspecified atom stereocenters. The van der Waals surface area contributed by atoms with Gasteiger partial charge in [-0.1, -0.05) is 6.58 Å². The minimum absolute atomic E-state index is 0.00982. The van der Waals surface area contributed by atoms with Crippen molar-refractivity contribution in [3.63, 3.8) is 0 Å². The van der Waals surface area contributed by atoms with E-state index >= 15 is 0 Å². The Morgan fingerprint density at radius 2 is 1.87 bits per heavy atom. The summed E-state index contributed by atoms with van der Waals surface area (Å²) in [5, 5.41) is 0. The molecule has 0 N–H and O–H groups in total. The van der Waals surface area contributed by atoms with Crippen LogP contribution in [-0.2, 0) is 28.5 Å². The first-order chi connectivity index (χ1) is 14.6. The number of rotatable bonds is 8. The van der Waals surface area contributed by atoms with Crippen molar-refractivity contribution in [3.05, 3.63) is 12.2 Å². The van der Waals surface area contributed by atoms with E-state index in [-0.39, 0.29) is 24.1 Å². The van der Waals surface area contributed by atoms with Gasteiger partial charge in [0, 0.05) is 5.57 Å². The summed E-state index contributed by atoms with van der Waals surface area (Å²) >= 11 is 0. The highest BCUT2D eigenvalue weighted by molar-refractivity contribution is 5.93. The van der Waals surface area contributed by atoms with E-state index in [4.69, 9.17) is 18.9 Å². The maximum atomic E-state index is 12.4. The molecular formula is C24H32O6. The van der Waals surface area contributed by atoms with E-state index in [1.54, 1.807) is 0 Å². The Morgan fingerprint density at radius 3 is 2.73 bits per heavy atom. The number of fused-ring (bicyclic) bond motifs is 8. The van der Waals surface area contributed by atoms with Gasteiger partial charge in [0.1, 0.15) is 6.10 Å². The molecule has 164 valence electrons. The monoisotopic (exact) mass is 416 g/mol. The van der Waals surface area contributed by atoms with Crippen LogP contribution in [0.5, 0.6) is 0 Å². The van der Waals surface area contributed by atoms with Crippen molar-refractivity contribution in [3.8, 4) is 0 Å². The second-order valence-corrected chi connectivity index (χ2v) is 10.5. The molecule has 4 aliphatic carbocycles. The quantitative estimate of drug-likeness (QED) is 0.262. The van der Waals surface area contributed by atoms with Gasteiger partial charge in [0.05, 0.1) is 37.4 Å². The fourth-order valence-electron chi connectivity index (χ4n) is 7.25. The molecule has 0 amide bonds. The molecule has 0 aromatic rings. The van der Waals surface area contributed by atoms with E-state index in [9.17, 15) is 9.59 Å². The van der Waals surface area contributed by atoms with Gasteiger partial charge >= 0.3 is 11.9 Å². The maximum Gasteiger partial charge on any atom is 0.333 e. The van der Waals surface area contributed by atoms with Crippen LogP contribution in [0.2, 0.25) is 0 Å². The number of esters is 2. The summed E-state index contributed by atoms with van der Waals surface area (Å²) in [5.41, 5.74) is 0.198. The summed E-state index contributed by atoms with van der Waals surface area (Å²) in [6.07, 6.45) is 10.6. The molecule has 30 heavy (non-hydrogen) atoms. The topological polar surface area (TPSA) is 77.7 Å². The lowest BCUT2D eigenvalue weighted by molar-refractivity contribution is -0.154. The Hall–Kier alpha value is -1.40. The Kier molecular flexibility index (Phi) is 4.72. The van der Waals surface area contributed by atoms with Crippen LogP contribution in [0.1, 0.15) is 57.8 Å². The average Bonchev–Trinajstić information content (AvgIpc) is 3.55. The summed E-state index contributed by atoms with van der Waals surface area (Å²) in [5.74, 6) is 2.37. The van der Waals surface area contributed by atoms with Crippen LogP contribution in [0.4, 0.5) is 0 Å². The van der Waals surface area contributed by atoms with Crippen molar-refractivity contribution in [2.75, 3.05) is 6.61 Å². The first-order valence-corrected chi connectivity index (χ1v) is 11.9. The van der Waals surface area contributed by atoms with Crippen LogP contribution in [0, 0.1) is 29.6 Å². The normalized spacial score (nSPS) is 46.5. The second-order valence-electron chi connectivity index (χ2n) is 10.5. The van der Waals surface area contributed by atoms with Crippen LogP contribution >= 0.6 is 0 Å². The highest BCUT2D eigenvalue weighted by atomic mass is 16.6. The lowest BCUT2D eigenvalue weighted by Gasteiger charge is -2.32. The van der Waals surface area contributed by atoms with Crippen molar-refractivity contribution in [1.82, 2.24) is 0 Å². The largest absolute Gasteiger partial charge is 0.462 e. The number of hydrogen-bond acceptors (Lipinski definition) is 6. The minimum atomic E-state index is -0.470. The third kappa shape index (κ3) is 3.50. The standard InChI is InChI=1S/C24H32O6/c1-12(24(26)27-6-2-3-13-4-5-17-19(8-13)28-17)7-21(25)29-18-10-14-9-15(18)16-11-20-23(30-20)22(14)16/h13-20,22-23H,1-11H2. The van der Waals surface area contributed by atoms with E-state index in [2.05, 4.69) is 6.58 Å². The smallest absolute Gasteiger partial charge is 0.333 e. The highest BCUT2D eigenvalue weighted by Crippen LogP contribution is 2.64. The van der Waals surface area contributed by atoms with Crippen LogP contribution < -0.4 is 0 Å². The van der Waals surface area contributed by atoms with Crippen LogP contribution in [-0.4, -0.2) is 49.1 Å². The van der Waals surface area contributed by atoms with Gasteiger partial charge in [-0.25, -0.2) is 4.79 Å². The maximum absolute atomic E-state index is 12.4. The van der Waals surface area contributed by atoms with E-state index in [1.807, 2.05) is 0 Å². The molecule has 4 saturated carbocycles. The van der Waals surface area contributed by atoms with E-state index in [0.29, 0.717) is 60.6 Å². The van der Waals surface area contributed by atoms with Gasteiger partial charge in [0.2, 0.25) is 0 Å². The van der Waals surface area contributed by atoms with Crippen molar-refractivity contribution in [2.45, 2.75) is 88.3 Å². The molecule has 6 heteroatoms. The molecule has 2 bridgehead atoms. The molecule has 0 radical (unpaired) electrons. The van der Waals surface area contributed by atoms with Crippen LogP contribution in [0.15, 0.2) is 12.2 Å². The lowest BCUT2D eigenvalue weighted by atomic mass is 9.79. The van der Waals surface area contributed by atoms with Crippen molar-refractivity contribution >= 4 is 11.9 Å². The van der Waals surface area contributed by atoms with Gasteiger partial charge in [0.25, 0.3) is 0 Å². The predicted molar refractivity (Wildman–Crippen MR) is 106 cm³/mol. The zero-order chi connectivity index (χ0) is 20.4. The van der Waals surface area contributed by atoms with Gasteiger partial charge in [0.15, 0.2) is 0 Å². The number of ether oxygens (including phenoxy) is 4. The Morgan fingerprint density at radius 1 is 0.967 bits per heavy atom. The first kappa shape index (κ1) is 19.3. The first-order valence-electron chi connectivity index (χ1n) is 11.9. The molecule has 2 heterocycles. The molecule has 0 aromatic carbocycles. The van der Waals surface area contributed by atoms with E-state index < -0.39 is 5.97 Å². The fraction of sp³-hybridized carbons (Fsp3) is 0.833. The third-order valence-electron chi connectivity index (χ3n) is 8.71. The Bertz CT molecular complexity index is 748. The SMILES string of the molecule is C=C(CC(=O)OC1CC2CC1C1CC3OC3C21)C(=O)OCCCC1CCC2OC2C1. The Labute approximate surface area is 177 Å². The van der Waals surface area contributed by atoms with Crippen molar-refractivity contribution in [1.29, 1.82) is 0 Å². The zero-order valence-electron chi connectivity index (χ0n) is 17.5. The lowest BCUT2D eigenvalue weighted by Crippen LogP contribution is -2.34. The van der Waals surface area contributed by atoms with Crippen molar-refractivity contribution < 1.29 is 28.5 Å². The molecule has 0 spiro atoms. The molecular weight excluding hydrogens is 384 g/mol. The summed E-state index contributed by atoms with van der Waals surface area (Å²) in [6, 6.07) is 0. The van der Waals surface area contributed by atoms with Crippen molar-refractivity contribution in [2.24, 2.45) is 29.6 Å². The molecule has 0 aromatic heterocycles. The fourth-order valence-corrected chi connectivity index (χ4v) is 7.25. The summed E-state index contributed by atoms with van der Waals surface area (Å²) in [6.45, 7) is 4.15. The summed E-state index contributed by atoms with van der Waals surface area (Å²) < 4.78 is 22.4. The molecule has 2 saturated heterocycles. The highest BCUT2D eigenvalue weighted by Gasteiger charge is 2.67. The predicted octanol–water partition coefficient (Wildman–Crippen LogP) is 3.18. The molecule has 6 aliphatic rings. The number of epoxide rings is 2. The second kappa shape index (κ2) is 7.33. The molecule has 10 atom stereocenters. The number of hydrogen-bond donors (Lipinski definition) is 0.